The molecule has 0 radical (unpaired) electrons. The quantitative estimate of drug-likeness (QED) is 0.484. The molecule has 4 heterocycles. The van der Waals surface area contributed by atoms with E-state index in [1.807, 2.05) is 29.9 Å². The van der Waals surface area contributed by atoms with Crippen molar-refractivity contribution >= 4 is 52.6 Å². The maximum absolute atomic E-state index is 9.78. The molecule has 1 N–H and O–H groups in total. The van der Waals surface area contributed by atoms with Crippen molar-refractivity contribution in [2.45, 2.75) is 58.2 Å². The van der Waals surface area contributed by atoms with E-state index >= 15 is 0 Å². The van der Waals surface area contributed by atoms with Crippen molar-refractivity contribution in [2.75, 3.05) is 31.1 Å². The van der Waals surface area contributed by atoms with E-state index in [2.05, 4.69) is 23.6 Å². The molecule has 0 saturated carbocycles. The summed E-state index contributed by atoms with van der Waals surface area (Å²) in [5.41, 5.74) is 3.37. The van der Waals surface area contributed by atoms with Crippen LogP contribution in [0, 0.1) is 12.8 Å². The molecular formula is C25H33Cl3N6O. The largest absolute Gasteiger partial charge is 0.395 e. The average molecular weight is 540 g/mol. The third-order valence-electron chi connectivity index (χ3n) is 7.58. The van der Waals surface area contributed by atoms with Crippen LogP contribution in [-0.2, 0) is 0 Å². The number of piperidine rings is 1. The van der Waals surface area contributed by atoms with Gasteiger partial charge in [-0.1, -0.05) is 36.2 Å². The van der Waals surface area contributed by atoms with Crippen LogP contribution >= 0.6 is 35.6 Å². The van der Waals surface area contributed by atoms with Gasteiger partial charge in [-0.05, 0) is 63.3 Å². The molecule has 2 fully saturated rings. The smallest absolute Gasteiger partial charge is 0.179 e. The lowest BCUT2D eigenvalue weighted by Crippen LogP contribution is -2.52. The van der Waals surface area contributed by atoms with Gasteiger partial charge in [-0.2, -0.15) is 5.10 Å². The Labute approximate surface area is 222 Å². The minimum atomic E-state index is -0.110. The number of aromatic nitrogens is 4. The Balaban J connectivity index is 0.00000289. The van der Waals surface area contributed by atoms with Crippen LogP contribution in [0.3, 0.4) is 0 Å². The number of aliphatic hydroxyl groups is 1. The molecule has 2 aliphatic rings. The van der Waals surface area contributed by atoms with Crippen molar-refractivity contribution in [1.29, 1.82) is 0 Å². The van der Waals surface area contributed by atoms with Crippen LogP contribution in [-0.4, -0.2) is 68.1 Å². The molecule has 2 aliphatic heterocycles. The van der Waals surface area contributed by atoms with Crippen molar-refractivity contribution in [3.8, 4) is 0 Å². The fourth-order valence-corrected chi connectivity index (χ4v) is 6.33. The minimum absolute atomic E-state index is 0. The lowest BCUT2D eigenvalue weighted by molar-refractivity contribution is 0.0800. The van der Waals surface area contributed by atoms with E-state index in [0.29, 0.717) is 28.0 Å². The highest BCUT2D eigenvalue weighted by atomic mass is 35.5. The minimum Gasteiger partial charge on any atom is -0.395 e. The van der Waals surface area contributed by atoms with Gasteiger partial charge >= 0.3 is 0 Å². The molecule has 0 aliphatic carbocycles. The van der Waals surface area contributed by atoms with Crippen LogP contribution in [0.15, 0.2) is 24.4 Å². The van der Waals surface area contributed by atoms with Gasteiger partial charge < -0.3 is 10.0 Å². The zero-order chi connectivity index (χ0) is 24.0. The predicted molar refractivity (Wildman–Crippen MR) is 144 cm³/mol. The number of halogens is 3. The van der Waals surface area contributed by atoms with Crippen LogP contribution in [0.4, 0.5) is 5.82 Å². The molecule has 0 amide bonds. The molecule has 4 atom stereocenters. The molecule has 5 rings (SSSR count). The van der Waals surface area contributed by atoms with E-state index in [1.54, 1.807) is 6.07 Å². The Hall–Kier alpha value is -1.64. The normalized spacial score (nSPS) is 24.1. The summed E-state index contributed by atoms with van der Waals surface area (Å²) < 4.78 is 1.92. The Bertz CT molecular complexity index is 1190. The second kappa shape index (κ2) is 10.8. The molecule has 1 unspecified atom stereocenters. The first kappa shape index (κ1) is 26.4. The fourth-order valence-electron chi connectivity index (χ4n) is 5.76. The number of hydrogen-bond donors (Lipinski definition) is 1. The van der Waals surface area contributed by atoms with Crippen molar-refractivity contribution < 1.29 is 5.11 Å². The highest BCUT2D eigenvalue weighted by Crippen LogP contribution is 2.33. The van der Waals surface area contributed by atoms with E-state index in [9.17, 15) is 5.11 Å². The summed E-state index contributed by atoms with van der Waals surface area (Å²) in [6.45, 7) is 9.54. The molecular weight excluding hydrogens is 507 g/mol. The standard InChI is InChI=1S/C25H32Cl2N6O.ClH/c1-15-13-31(10-8-22(15)32-9-4-5-19(32)14-34)23-12-28-24-16(2)30-33(25(24)29-23)17(3)20-7-6-18(26)11-21(20)27;/h6-7,11-12,15,17,19,22,34H,4-5,8-10,13-14H2,1-3H3;1H/t15-,17-,19?,22+;/m1./s1. The van der Waals surface area contributed by atoms with E-state index in [-0.39, 0.29) is 25.1 Å². The summed E-state index contributed by atoms with van der Waals surface area (Å²) in [7, 11) is 0. The summed E-state index contributed by atoms with van der Waals surface area (Å²) in [6, 6.07) is 6.27. The Morgan fingerprint density at radius 1 is 1.20 bits per heavy atom. The molecule has 2 saturated heterocycles. The monoisotopic (exact) mass is 538 g/mol. The second-order valence-electron chi connectivity index (χ2n) is 9.77. The number of benzene rings is 1. The first-order chi connectivity index (χ1) is 16.4. The van der Waals surface area contributed by atoms with Crippen molar-refractivity contribution in [3.63, 3.8) is 0 Å². The van der Waals surface area contributed by atoms with Gasteiger partial charge in [-0.3, -0.25) is 4.90 Å². The van der Waals surface area contributed by atoms with Crippen LogP contribution in [0.1, 0.15) is 50.4 Å². The Kier molecular flexibility index (Phi) is 8.13. The summed E-state index contributed by atoms with van der Waals surface area (Å²) in [5.74, 6) is 1.37. The zero-order valence-corrected chi connectivity index (χ0v) is 22.7. The van der Waals surface area contributed by atoms with Crippen LogP contribution < -0.4 is 4.90 Å². The van der Waals surface area contributed by atoms with Crippen LogP contribution in [0.25, 0.3) is 11.2 Å². The summed E-state index contributed by atoms with van der Waals surface area (Å²) in [5, 5.41) is 15.8. The number of nitrogens with zero attached hydrogens (tertiary/aromatic N) is 6. The first-order valence-electron chi connectivity index (χ1n) is 12.2. The number of hydrogen-bond acceptors (Lipinski definition) is 6. The maximum atomic E-state index is 9.78. The molecule has 35 heavy (non-hydrogen) atoms. The topological polar surface area (TPSA) is 70.3 Å². The summed E-state index contributed by atoms with van der Waals surface area (Å²) in [6.07, 6.45) is 5.22. The number of aryl methyl sites for hydroxylation is 1. The van der Waals surface area contributed by atoms with E-state index < -0.39 is 0 Å². The number of fused-ring (bicyclic) bond motifs is 1. The van der Waals surface area contributed by atoms with Gasteiger partial charge in [0.25, 0.3) is 0 Å². The third-order valence-corrected chi connectivity index (χ3v) is 8.14. The number of anilines is 1. The molecule has 3 aromatic rings. The first-order valence-corrected chi connectivity index (χ1v) is 12.9. The fraction of sp³-hybridized carbons (Fsp3) is 0.560. The Morgan fingerprint density at radius 3 is 2.71 bits per heavy atom. The lowest BCUT2D eigenvalue weighted by Gasteiger charge is -2.43. The lowest BCUT2D eigenvalue weighted by atomic mass is 9.92. The van der Waals surface area contributed by atoms with E-state index in [4.69, 9.17) is 38.3 Å². The second-order valence-corrected chi connectivity index (χ2v) is 10.6. The number of rotatable bonds is 5. The predicted octanol–water partition coefficient (Wildman–Crippen LogP) is 5.14. The Morgan fingerprint density at radius 2 is 2.00 bits per heavy atom. The van der Waals surface area contributed by atoms with Gasteiger partial charge in [0.15, 0.2) is 5.65 Å². The molecule has 7 nitrogen and oxygen atoms in total. The SMILES string of the molecule is Cc1nn([C@H](C)c2ccc(Cl)cc2Cl)c2nc(N3CC[C@H](N4CCCC4CO)[C@H](C)C3)cnc12.Cl. The highest BCUT2D eigenvalue weighted by molar-refractivity contribution is 6.35. The maximum Gasteiger partial charge on any atom is 0.179 e. The molecule has 0 spiro atoms. The highest BCUT2D eigenvalue weighted by Gasteiger charge is 2.36. The van der Waals surface area contributed by atoms with Crippen molar-refractivity contribution in [2.24, 2.45) is 5.92 Å². The van der Waals surface area contributed by atoms with Crippen LogP contribution in [0.5, 0.6) is 0 Å². The number of aliphatic hydroxyl groups excluding tert-OH is 1. The van der Waals surface area contributed by atoms with Crippen molar-refractivity contribution in [1.82, 2.24) is 24.6 Å². The van der Waals surface area contributed by atoms with Gasteiger partial charge in [0.2, 0.25) is 0 Å². The number of likely N-dealkylation sites (tertiary alicyclic amines) is 1. The van der Waals surface area contributed by atoms with Crippen LogP contribution in [0.2, 0.25) is 10.0 Å². The average Bonchev–Trinajstić information content (AvgIpc) is 3.42. The van der Waals surface area contributed by atoms with E-state index in [1.165, 1.54) is 6.42 Å². The molecule has 10 heteroatoms. The summed E-state index contributed by atoms with van der Waals surface area (Å²) in [4.78, 5) is 14.7. The molecule has 1 aromatic carbocycles. The summed E-state index contributed by atoms with van der Waals surface area (Å²) >= 11 is 12.6. The molecule has 190 valence electrons. The van der Waals surface area contributed by atoms with Gasteiger partial charge in [0, 0.05) is 35.2 Å². The van der Waals surface area contributed by atoms with Crippen molar-refractivity contribution in [3.05, 3.63) is 45.7 Å². The van der Waals surface area contributed by atoms with Gasteiger partial charge in [0.05, 0.1) is 24.5 Å². The molecule has 2 aromatic heterocycles. The third kappa shape index (κ3) is 4.98. The van der Waals surface area contributed by atoms with Gasteiger partial charge in [-0.15, -0.1) is 12.4 Å². The van der Waals surface area contributed by atoms with E-state index in [0.717, 1.165) is 60.7 Å². The zero-order valence-electron chi connectivity index (χ0n) is 20.4. The van der Waals surface area contributed by atoms with Gasteiger partial charge in [-0.25, -0.2) is 14.6 Å². The van der Waals surface area contributed by atoms with Gasteiger partial charge in [0.1, 0.15) is 11.3 Å². The molecule has 0 bridgehead atoms.